The molecule has 26 heavy (non-hydrogen) atoms. The van der Waals surface area contributed by atoms with Gasteiger partial charge in [-0.15, -0.1) is 0 Å². The Balaban J connectivity index is 2.07. The zero-order valence-electron chi connectivity index (χ0n) is 13.5. The number of nitrogens with one attached hydrogen (secondary N) is 3. The van der Waals surface area contributed by atoms with Crippen molar-refractivity contribution in [3.63, 3.8) is 0 Å². The van der Waals surface area contributed by atoms with Crippen molar-refractivity contribution in [1.82, 2.24) is 10.6 Å². The standard InChI is InChI=1S/C17H15Cl3IN3OS/c1-10-4-2-7-13(8-10)22-16(26)24-15(17(18,19)20)23-14(25)11-5-3-6-12(21)9-11/h2-9,15H,1H3,(H,23,25)(H2,22,24,26)/t15-/m0/s1. The fourth-order valence-electron chi connectivity index (χ4n) is 2.06. The van der Waals surface area contributed by atoms with Gasteiger partial charge in [0.05, 0.1) is 0 Å². The lowest BCUT2D eigenvalue weighted by atomic mass is 10.2. The van der Waals surface area contributed by atoms with E-state index in [0.29, 0.717) is 5.56 Å². The van der Waals surface area contributed by atoms with Crippen molar-refractivity contribution >= 4 is 86.3 Å². The van der Waals surface area contributed by atoms with Gasteiger partial charge in [0.25, 0.3) is 5.91 Å². The van der Waals surface area contributed by atoms with Gasteiger partial charge in [0.2, 0.25) is 3.79 Å². The minimum absolute atomic E-state index is 0.217. The van der Waals surface area contributed by atoms with Gasteiger partial charge in [-0.3, -0.25) is 4.79 Å². The lowest BCUT2D eigenvalue weighted by Crippen LogP contribution is -2.56. The number of anilines is 1. The van der Waals surface area contributed by atoms with E-state index in [2.05, 4.69) is 38.5 Å². The first-order valence-electron chi connectivity index (χ1n) is 7.42. The zero-order valence-corrected chi connectivity index (χ0v) is 18.8. The number of halogens is 4. The Hall–Kier alpha value is -0.800. The maximum absolute atomic E-state index is 12.4. The fraction of sp³-hybridized carbons (Fsp3) is 0.176. The highest BCUT2D eigenvalue weighted by molar-refractivity contribution is 14.1. The van der Waals surface area contributed by atoms with Gasteiger partial charge in [0.15, 0.2) is 5.11 Å². The van der Waals surface area contributed by atoms with Crippen LogP contribution >= 0.6 is 69.6 Å². The minimum atomic E-state index is -1.81. The monoisotopic (exact) mass is 541 g/mol. The SMILES string of the molecule is Cc1cccc(NC(=S)N[C@H](NC(=O)c2cccc(I)c2)C(Cl)(Cl)Cl)c1. The van der Waals surface area contributed by atoms with E-state index in [1.807, 2.05) is 37.3 Å². The van der Waals surface area contributed by atoms with E-state index >= 15 is 0 Å². The van der Waals surface area contributed by atoms with Crippen LogP contribution in [-0.4, -0.2) is 21.0 Å². The summed E-state index contributed by atoms with van der Waals surface area (Å²) in [5.74, 6) is -0.384. The molecule has 0 aliphatic rings. The van der Waals surface area contributed by atoms with Gasteiger partial charge in [-0.2, -0.15) is 0 Å². The third kappa shape index (κ3) is 6.74. The first-order valence-corrected chi connectivity index (χ1v) is 10.0. The molecule has 0 radical (unpaired) electrons. The highest BCUT2D eigenvalue weighted by Crippen LogP contribution is 2.29. The zero-order chi connectivity index (χ0) is 19.3. The molecule has 0 aromatic heterocycles. The largest absolute Gasteiger partial charge is 0.339 e. The fourth-order valence-corrected chi connectivity index (χ4v) is 3.17. The summed E-state index contributed by atoms with van der Waals surface area (Å²) in [5.41, 5.74) is 2.31. The van der Waals surface area contributed by atoms with Crippen LogP contribution in [0.5, 0.6) is 0 Å². The molecule has 138 valence electrons. The Morgan fingerprint density at radius 2 is 1.81 bits per heavy atom. The molecular weight excluding hydrogens is 528 g/mol. The number of thiocarbonyl (C=S) groups is 1. The lowest BCUT2D eigenvalue weighted by Gasteiger charge is -2.27. The average molecular weight is 543 g/mol. The molecule has 0 unspecified atom stereocenters. The third-order valence-electron chi connectivity index (χ3n) is 3.24. The number of carbonyl (C=O) groups excluding carboxylic acids is 1. The van der Waals surface area contributed by atoms with Gasteiger partial charge >= 0.3 is 0 Å². The molecule has 0 heterocycles. The molecule has 0 saturated carbocycles. The predicted molar refractivity (Wildman–Crippen MR) is 121 cm³/mol. The molecule has 0 spiro atoms. The first-order chi connectivity index (χ1) is 12.1. The van der Waals surface area contributed by atoms with E-state index in [0.717, 1.165) is 14.8 Å². The molecule has 3 N–H and O–H groups in total. The Morgan fingerprint density at radius 1 is 1.12 bits per heavy atom. The van der Waals surface area contributed by atoms with Crippen LogP contribution in [0.4, 0.5) is 5.69 Å². The Kier molecular flexibility index (Phi) is 7.78. The number of amides is 1. The molecule has 2 aromatic carbocycles. The summed E-state index contributed by atoms with van der Waals surface area (Å²) in [7, 11) is 0. The Morgan fingerprint density at radius 3 is 2.42 bits per heavy atom. The molecule has 2 rings (SSSR count). The molecule has 0 aliphatic carbocycles. The highest BCUT2D eigenvalue weighted by atomic mass is 127. The van der Waals surface area contributed by atoms with Crippen LogP contribution < -0.4 is 16.0 Å². The second kappa shape index (κ2) is 9.41. The summed E-state index contributed by atoms with van der Waals surface area (Å²) in [6.45, 7) is 1.97. The number of rotatable bonds is 4. The van der Waals surface area contributed by atoms with Crippen LogP contribution in [0.3, 0.4) is 0 Å². The third-order valence-corrected chi connectivity index (χ3v) is 4.79. The van der Waals surface area contributed by atoms with Crippen LogP contribution in [0.15, 0.2) is 48.5 Å². The Labute approximate surface area is 186 Å². The lowest BCUT2D eigenvalue weighted by molar-refractivity contribution is 0.0934. The van der Waals surface area contributed by atoms with Crippen molar-refractivity contribution in [2.75, 3.05) is 5.32 Å². The van der Waals surface area contributed by atoms with Crippen LogP contribution in [0.1, 0.15) is 15.9 Å². The molecule has 0 fully saturated rings. The number of hydrogen-bond acceptors (Lipinski definition) is 2. The van der Waals surface area contributed by atoms with E-state index in [1.165, 1.54) is 0 Å². The maximum Gasteiger partial charge on any atom is 0.253 e. The van der Waals surface area contributed by atoms with Crippen molar-refractivity contribution in [2.24, 2.45) is 0 Å². The second-order valence-electron chi connectivity index (χ2n) is 5.43. The predicted octanol–water partition coefficient (Wildman–Crippen LogP) is 5.01. The van der Waals surface area contributed by atoms with Crippen molar-refractivity contribution in [3.8, 4) is 0 Å². The van der Waals surface area contributed by atoms with Crippen LogP contribution in [-0.2, 0) is 0 Å². The van der Waals surface area contributed by atoms with Gasteiger partial charge in [-0.25, -0.2) is 0 Å². The quantitative estimate of drug-likeness (QED) is 0.220. The molecule has 2 aromatic rings. The van der Waals surface area contributed by atoms with Gasteiger partial charge in [0, 0.05) is 14.8 Å². The number of aryl methyl sites for hydroxylation is 1. The highest BCUT2D eigenvalue weighted by Gasteiger charge is 2.34. The van der Waals surface area contributed by atoms with Crippen LogP contribution in [0.25, 0.3) is 0 Å². The molecule has 4 nitrogen and oxygen atoms in total. The summed E-state index contributed by atoms with van der Waals surface area (Å²) in [4.78, 5) is 12.4. The van der Waals surface area contributed by atoms with Crippen LogP contribution in [0, 0.1) is 10.5 Å². The number of hydrogen-bond donors (Lipinski definition) is 3. The van der Waals surface area contributed by atoms with E-state index in [4.69, 9.17) is 47.0 Å². The van der Waals surface area contributed by atoms with Crippen molar-refractivity contribution < 1.29 is 4.79 Å². The van der Waals surface area contributed by atoms with Crippen molar-refractivity contribution in [2.45, 2.75) is 16.9 Å². The van der Waals surface area contributed by atoms with E-state index in [9.17, 15) is 4.79 Å². The van der Waals surface area contributed by atoms with Gasteiger partial charge < -0.3 is 16.0 Å². The summed E-state index contributed by atoms with van der Waals surface area (Å²) < 4.78 is -0.888. The molecule has 1 amide bonds. The minimum Gasteiger partial charge on any atom is -0.339 e. The van der Waals surface area contributed by atoms with Crippen molar-refractivity contribution in [1.29, 1.82) is 0 Å². The second-order valence-corrected chi connectivity index (χ2v) is 9.45. The van der Waals surface area contributed by atoms with E-state index in [1.54, 1.807) is 18.2 Å². The van der Waals surface area contributed by atoms with Gasteiger partial charge in [0.1, 0.15) is 6.17 Å². The molecular formula is C17H15Cl3IN3OS. The molecule has 1 atom stereocenters. The molecule has 9 heteroatoms. The first kappa shape index (κ1) is 21.5. The summed E-state index contributed by atoms with van der Waals surface area (Å²) in [5, 5.41) is 8.70. The molecule has 0 aliphatic heterocycles. The molecule has 0 saturated heterocycles. The normalized spacial score (nSPS) is 12.2. The topological polar surface area (TPSA) is 53.2 Å². The number of alkyl halides is 3. The number of carbonyl (C=O) groups is 1. The van der Waals surface area contributed by atoms with Gasteiger partial charge in [-0.05, 0) is 77.6 Å². The smallest absolute Gasteiger partial charge is 0.253 e. The van der Waals surface area contributed by atoms with Crippen molar-refractivity contribution in [3.05, 3.63) is 63.2 Å². The molecule has 0 bridgehead atoms. The maximum atomic E-state index is 12.4. The average Bonchev–Trinajstić information content (AvgIpc) is 2.53. The van der Waals surface area contributed by atoms with Gasteiger partial charge in [-0.1, -0.05) is 53.0 Å². The number of benzene rings is 2. The summed E-state index contributed by atoms with van der Waals surface area (Å²) in [6.07, 6.45) is -1.03. The van der Waals surface area contributed by atoms with E-state index in [-0.39, 0.29) is 11.0 Å². The summed E-state index contributed by atoms with van der Waals surface area (Å²) in [6, 6.07) is 14.7. The summed E-state index contributed by atoms with van der Waals surface area (Å²) >= 11 is 25.4. The van der Waals surface area contributed by atoms with E-state index < -0.39 is 9.96 Å². The van der Waals surface area contributed by atoms with Crippen LogP contribution in [0.2, 0.25) is 0 Å². The Bertz CT molecular complexity index is 814.